The van der Waals surface area contributed by atoms with Crippen molar-refractivity contribution < 1.29 is 24.1 Å². The van der Waals surface area contributed by atoms with Gasteiger partial charge in [0.1, 0.15) is 29.5 Å². The highest BCUT2D eigenvalue weighted by Gasteiger charge is 2.25. The first-order valence-corrected chi connectivity index (χ1v) is 17.1. The molecule has 0 aliphatic rings. The summed E-state index contributed by atoms with van der Waals surface area (Å²) in [7, 11) is 0. The monoisotopic (exact) mass is 857 g/mol. The molecule has 1 heterocycles. The molecule has 45 heavy (non-hydrogen) atoms. The number of hydrogen-bond acceptors (Lipinski definition) is 6. The van der Waals surface area contributed by atoms with Crippen LogP contribution >= 0.6 is 56.8 Å². The van der Waals surface area contributed by atoms with Gasteiger partial charge >= 0.3 is 5.97 Å². The van der Waals surface area contributed by atoms with Crippen LogP contribution < -0.4 is 9.47 Å². The minimum Gasteiger partial charge on any atom is -0.486 e. The first kappa shape index (κ1) is 35.4. The average Bonchev–Trinajstić information content (AvgIpc) is 3.41. The van der Waals surface area contributed by atoms with Crippen molar-refractivity contribution in [3.8, 4) is 17.2 Å². The van der Waals surface area contributed by atoms with E-state index in [-0.39, 0.29) is 24.2 Å². The van der Waals surface area contributed by atoms with Gasteiger partial charge in [-0.3, -0.25) is 4.79 Å². The van der Waals surface area contributed by atoms with Crippen LogP contribution in [0, 0.1) is 21.0 Å². The van der Waals surface area contributed by atoms with Crippen LogP contribution in [-0.4, -0.2) is 38.3 Å². The van der Waals surface area contributed by atoms with Gasteiger partial charge < -0.3 is 19.3 Å². The van der Waals surface area contributed by atoms with Crippen LogP contribution in [-0.2, 0) is 34.5 Å². The van der Waals surface area contributed by atoms with Crippen LogP contribution in [0.5, 0.6) is 17.2 Å². The second-order valence-corrected chi connectivity index (χ2v) is 15.1. The van der Waals surface area contributed by atoms with Crippen molar-refractivity contribution in [1.82, 2.24) is 15.0 Å². The van der Waals surface area contributed by atoms with E-state index in [4.69, 9.17) is 30.9 Å². The molecule has 1 aromatic heterocycles. The molecule has 4 rings (SSSR count). The number of carbonyl (C=O) groups is 1. The molecule has 4 aromatic rings. The van der Waals surface area contributed by atoms with Crippen LogP contribution in [0.15, 0.2) is 54.7 Å². The fourth-order valence-corrected chi connectivity index (χ4v) is 6.86. The fourth-order valence-electron chi connectivity index (χ4n) is 4.91. The zero-order valence-corrected chi connectivity index (χ0v) is 31.4. The summed E-state index contributed by atoms with van der Waals surface area (Å²) in [5.74, 6) is 1.30. The van der Waals surface area contributed by atoms with E-state index in [1.54, 1.807) is 0 Å². The number of rotatable bonds is 14. The number of hydrogen-bond donors (Lipinski definition) is 1. The molecule has 0 fully saturated rings. The maximum atomic E-state index is 11.1. The Bertz CT molecular complexity index is 1610. The van der Waals surface area contributed by atoms with Crippen molar-refractivity contribution in [1.29, 1.82) is 0 Å². The molecule has 0 saturated carbocycles. The lowest BCUT2D eigenvalue weighted by atomic mass is 9.97. The minimum atomic E-state index is -0.860. The molecular weight excluding hydrogens is 820 g/mol. The molecule has 0 amide bonds. The Hall–Kier alpha value is -2.42. The summed E-state index contributed by atoms with van der Waals surface area (Å²) >= 11 is 10.5. The summed E-state index contributed by atoms with van der Waals surface area (Å²) in [5.41, 5.74) is 3.86. The summed E-state index contributed by atoms with van der Waals surface area (Å²) < 4.78 is 22.4. The predicted octanol–water partition coefficient (Wildman–Crippen LogP) is 8.92. The van der Waals surface area contributed by atoms with Gasteiger partial charge in [-0.05, 0) is 146 Å². The normalized spacial score (nSPS) is 11.9. The lowest BCUT2D eigenvalue weighted by Gasteiger charge is -2.29. The molecule has 240 valence electrons. The molecule has 0 atom stereocenters. The third-order valence-corrected chi connectivity index (χ3v) is 9.20. The van der Waals surface area contributed by atoms with Crippen molar-refractivity contribution in [3.05, 3.63) is 94.8 Å². The van der Waals surface area contributed by atoms with Crippen molar-refractivity contribution in [2.75, 3.05) is 6.61 Å². The molecule has 0 aliphatic carbocycles. The van der Waals surface area contributed by atoms with E-state index in [1.807, 2.05) is 73.3 Å². The van der Waals surface area contributed by atoms with Crippen LogP contribution in [0.25, 0.3) is 0 Å². The molecule has 0 spiro atoms. The van der Waals surface area contributed by atoms with Gasteiger partial charge in [0, 0.05) is 18.1 Å². The van der Waals surface area contributed by atoms with Gasteiger partial charge in [-0.15, -0.1) is 5.10 Å². The van der Waals surface area contributed by atoms with E-state index in [0.717, 1.165) is 53.1 Å². The summed E-state index contributed by atoms with van der Waals surface area (Å²) in [6.45, 7) is 13.2. The van der Waals surface area contributed by atoms with Crippen LogP contribution in [0.1, 0.15) is 62.1 Å². The lowest BCUT2D eigenvalue weighted by molar-refractivity contribution is -0.136. The Morgan fingerprint density at radius 2 is 1.62 bits per heavy atom. The molecule has 11 heteroatoms. The largest absolute Gasteiger partial charge is 0.486 e. The first-order chi connectivity index (χ1) is 21.1. The Morgan fingerprint density at radius 1 is 0.956 bits per heavy atom. The number of aliphatic carboxylic acids is 1. The quantitative estimate of drug-likeness (QED) is 0.127. The van der Waals surface area contributed by atoms with Crippen molar-refractivity contribution >= 4 is 62.8 Å². The van der Waals surface area contributed by atoms with Crippen molar-refractivity contribution in [2.24, 2.45) is 0 Å². The van der Waals surface area contributed by atoms with Gasteiger partial charge in [-0.25, -0.2) is 4.68 Å². The van der Waals surface area contributed by atoms with E-state index < -0.39 is 5.97 Å². The van der Waals surface area contributed by atoms with Gasteiger partial charge in [0.05, 0.1) is 30.9 Å². The molecule has 0 saturated heterocycles. The summed E-state index contributed by atoms with van der Waals surface area (Å²) in [6.07, 6.45) is 3.46. The van der Waals surface area contributed by atoms with Crippen LogP contribution in [0.2, 0.25) is 5.02 Å². The molecule has 1 N–H and O–H groups in total. The molecule has 0 bridgehead atoms. The predicted molar refractivity (Wildman–Crippen MR) is 193 cm³/mol. The molecule has 0 aliphatic heterocycles. The summed E-state index contributed by atoms with van der Waals surface area (Å²) in [5, 5.41) is 18.6. The Balaban J connectivity index is 1.34. The van der Waals surface area contributed by atoms with Crippen LogP contribution in [0.3, 0.4) is 0 Å². The third kappa shape index (κ3) is 10.0. The molecule has 0 radical (unpaired) electrons. The van der Waals surface area contributed by atoms with E-state index in [2.05, 4.69) is 83.2 Å². The Morgan fingerprint density at radius 3 is 2.27 bits per heavy atom. The number of halogens is 3. The maximum Gasteiger partial charge on any atom is 0.307 e. The standard InChI is InChI=1S/C34H38ClI2N3O5/c1-21-13-24(16-30(41)42)15-28(36)32(21)45-27-14-22(2)31(29(37)17-27)43-20-26-19-40(39-38-26)33(3,4)11-12-44-34(5,6)18-23-7-9-25(35)10-8-23/h7-10,13-15,17,19H,11-12,16,18,20H2,1-6H3,(H,41,42). The van der Waals surface area contributed by atoms with Crippen molar-refractivity contribution in [2.45, 2.75) is 78.6 Å². The minimum absolute atomic E-state index is 0.0238. The van der Waals surface area contributed by atoms with E-state index in [0.29, 0.717) is 18.1 Å². The molecule has 3 aromatic carbocycles. The highest BCUT2D eigenvalue weighted by Crippen LogP contribution is 2.36. The number of nitrogens with zero attached hydrogens (tertiary/aromatic N) is 3. The highest BCUT2D eigenvalue weighted by molar-refractivity contribution is 14.1. The summed E-state index contributed by atoms with van der Waals surface area (Å²) in [6, 6.07) is 15.4. The van der Waals surface area contributed by atoms with E-state index in [1.165, 1.54) is 5.56 Å². The van der Waals surface area contributed by atoms with Crippen molar-refractivity contribution in [3.63, 3.8) is 0 Å². The van der Waals surface area contributed by atoms with Gasteiger partial charge in [-0.2, -0.15) is 0 Å². The zero-order valence-electron chi connectivity index (χ0n) is 26.3. The topological polar surface area (TPSA) is 95.7 Å². The lowest BCUT2D eigenvalue weighted by Crippen LogP contribution is -2.33. The zero-order chi connectivity index (χ0) is 32.9. The maximum absolute atomic E-state index is 11.1. The number of ether oxygens (including phenoxy) is 3. The van der Waals surface area contributed by atoms with E-state index >= 15 is 0 Å². The molecular formula is C34H38ClI2N3O5. The number of carboxylic acid groups (broad SMARTS) is 1. The average molecular weight is 858 g/mol. The number of aryl methyl sites for hydroxylation is 2. The molecule has 8 nitrogen and oxygen atoms in total. The van der Waals surface area contributed by atoms with Gasteiger partial charge in [-0.1, -0.05) is 35.0 Å². The number of aromatic nitrogens is 3. The number of benzene rings is 3. The number of carboxylic acids is 1. The van der Waals surface area contributed by atoms with Gasteiger partial charge in [0.25, 0.3) is 0 Å². The smallest absolute Gasteiger partial charge is 0.307 e. The third-order valence-electron chi connectivity index (χ3n) is 7.34. The SMILES string of the molecule is Cc1cc(Oc2c(C)cc(CC(=O)O)cc2I)cc(I)c1OCc1cn(C(C)(C)CCOC(C)(C)Cc2ccc(Cl)cc2)nn1. The first-order valence-electron chi connectivity index (χ1n) is 14.5. The fraction of sp³-hybridized carbons (Fsp3) is 0.382. The summed E-state index contributed by atoms with van der Waals surface area (Å²) in [4.78, 5) is 11.1. The second-order valence-electron chi connectivity index (χ2n) is 12.4. The van der Waals surface area contributed by atoms with Crippen LogP contribution in [0.4, 0.5) is 0 Å². The Kier molecular flexibility index (Phi) is 11.8. The highest BCUT2D eigenvalue weighted by atomic mass is 127. The second kappa shape index (κ2) is 15.0. The van der Waals surface area contributed by atoms with E-state index in [9.17, 15) is 4.79 Å². The van der Waals surface area contributed by atoms with Gasteiger partial charge in [0.15, 0.2) is 0 Å². The van der Waals surface area contributed by atoms with Gasteiger partial charge in [0.2, 0.25) is 0 Å². The Labute approximate surface area is 297 Å². The molecule has 0 unspecified atom stereocenters.